The van der Waals surface area contributed by atoms with Gasteiger partial charge in [-0.15, -0.1) is 0 Å². The fourth-order valence-electron chi connectivity index (χ4n) is 2.61. The highest BCUT2D eigenvalue weighted by molar-refractivity contribution is 5.90. The van der Waals surface area contributed by atoms with E-state index in [0.717, 1.165) is 0 Å². The maximum absolute atomic E-state index is 12.2. The highest BCUT2D eigenvalue weighted by Gasteiger charge is 2.40. The molecule has 1 aromatic carbocycles. The van der Waals surface area contributed by atoms with Gasteiger partial charge in [0.15, 0.2) is 11.5 Å². The molecule has 2 aliphatic rings. The van der Waals surface area contributed by atoms with Gasteiger partial charge in [0, 0.05) is 7.05 Å². The van der Waals surface area contributed by atoms with Crippen molar-refractivity contribution >= 4 is 11.9 Å². The first-order valence-corrected chi connectivity index (χ1v) is 7.18. The number of ether oxygens (including phenoxy) is 2. The van der Waals surface area contributed by atoms with Crippen molar-refractivity contribution in [1.29, 1.82) is 0 Å². The summed E-state index contributed by atoms with van der Waals surface area (Å²) in [6.07, 6.45) is -0.0462. The Morgan fingerprint density at radius 3 is 2.50 bits per heavy atom. The van der Waals surface area contributed by atoms with Gasteiger partial charge in [0.05, 0.1) is 26.7 Å². The number of rotatable bonds is 4. The van der Waals surface area contributed by atoms with E-state index in [9.17, 15) is 9.59 Å². The van der Waals surface area contributed by atoms with Crippen molar-refractivity contribution < 1.29 is 19.1 Å². The van der Waals surface area contributed by atoms with Crippen molar-refractivity contribution in [1.82, 2.24) is 15.1 Å². The first-order chi connectivity index (χ1) is 10.6. The molecule has 0 aliphatic carbocycles. The average Bonchev–Trinajstić information content (AvgIpc) is 2.82. The molecule has 7 heteroatoms. The molecule has 0 saturated carbocycles. The molecule has 0 unspecified atom stereocenters. The van der Waals surface area contributed by atoms with E-state index in [4.69, 9.17) is 9.47 Å². The lowest BCUT2D eigenvalue weighted by atomic mass is 10.1. The number of nitrogens with zero attached hydrogens (tertiary/aromatic N) is 2. The summed E-state index contributed by atoms with van der Waals surface area (Å²) in [4.78, 5) is 26.8. The van der Waals surface area contributed by atoms with Crippen LogP contribution in [-0.2, 0) is 4.79 Å². The minimum Gasteiger partial charge on any atom is -0.493 e. The molecule has 0 aromatic heterocycles. The molecule has 2 saturated heterocycles. The zero-order valence-corrected chi connectivity index (χ0v) is 12.6. The number of hydrogen-bond donors (Lipinski definition) is 1. The van der Waals surface area contributed by atoms with Gasteiger partial charge in [-0.1, -0.05) is 12.1 Å². The summed E-state index contributed by atoms with van der Waals surface area (Å²) in [6.45, 7) is 1.45. The van der Waals surface area contributed by atoms with Crippen molar-refractivity contribution in [3.8, 4) is 11.5 Å². The van der Waals surface area contributed by atoms with Gasteiger partial charge >= 0.3 is 6.03 Å². The van der Waals surface area contributed by atoms with Gasteiger partial charge in [-0.3, -0.25) is 4.79 Å². The van der Waals surface area contributed by atoms with E-state index in [0.29, 0.717) is 31.1 Å². The molecular weight excluding hydrogens is 286 g/mol. The molecule has 1 aromatic rings. The van der Waals surface area contributed by atoms with Crippen molar-refractivity contribution in [3.05, 3.63) is 24.3 Å². The monoisotopic (exact) mass is 305 g/mol. The number of likely N-dealkylation sites (N-methyl/N-ethyl adjacent to an activating group) is 1. The number of hydrogen-bond acceptors (Lipinski definition) is 4. The van der Waals surface area contributed by atoms with Crippen LogP contribution in [0.4, 0.5) is 4.79 Å². The van der Waals surface area contributed by atoms with E-state index in [1.807, 2.05) is 24.3 Å². The van der Waals surface area contributed by atoms with E-state index in [-0.39, 0.29) is 18.0 Å². The minimum atomic E-state index is -0.454. The lowest BCUT2D eigenvalue weighted by molar-refractivity contribution is -0.141. The number of methoxy groups -OCH3 is 1. The van der Waals surface area contributed by atoms with Crippen LogP contribution in [-0.4, -0.2) is 67.7 Å². The van der Waals surface area contributed by atoms with Gasteiger partial charge < -0.3 is 24.6 Å². The second-order valence-electron chi connectivity index (χ2n) is 5.52. The Kier molecular flexibility index (Phi) is 3.79. The summed E-state index contributed by atoms with van der Waals surface area (Å²) in [6, 6.07) is 6.77. The van der Waals surface area contributed by atoms with E-state index >= 15 is 0 Å². The SMILES string of the molecule is COc1ccccc1OC1CN(C(=O)[C@@H]2CN(C)C(=O)N2)C1. The predicted molar refractivity (Wildman–Crippen MR) is 78.9 cm³/mol. The molecule has 7 nitrogen and oxygen atoms in total. The average molecular weight is 305 g/mol. The van der Waals surface area contributed by atoms with Crippen LogP contribution >= 0.6 is 0 Å². The van der Waals surface area contributed by atoms with Gasteiger partial charge in [0.1, 0.15) is 12.1 Å². The Morgan fingerprint density at radius 1 is 1.23 bits per heavy atom. The van der Waals surface area contributed by atoms with E-state index in [1.54, 1.807) is 19.1 Å². The molecule has 3 rings (SSSR count). The standard InChI is InChI=1S/C15H19N3O4/c1-17-9-11(16-15(17)20)14(19)18-7-10(8-18)22-13-6-4-3-5-12(13)21-2/h3-6,10-11H,7-9H2,1-2H3,(H,16,20)/t11-/m0/s1. The van der Waals surface area contributed by atoms with E-state index in [2.05, 4.69) is 5.32 Å². The van der Waals surface area contributed by atoms with Crippen LogP contribution in [0, 0.1) is 0 Å². The Balaban J connectivity index is 1.52. The van der Waals surface area contributed by atoms with Gasteiger partial charge in [-0.25, -0.2) is 4.79 Å². The fourth-order valence-corrected chi connectivity index (χ4v) is 2.61. The van der Waals surface area contributed by atoms with Crippen LogP contribution < -0.4 is 14.8 Å². The molecule has 0 spiro atoms. The van der Waals surface area contributed by atoms with E-state index < -0.39 is 6.04 Å². The summed E-state index contributed by atoms with van der Waals surface area (Å²) in [5, 5.41) is 2.67. The summed E-state index contributed by atoms with van der Waals surface area (Å²) >= 11 is 0. The maximum atomic E-state index is 12.2. The first-order valence-electron chi connectivity index (χ1n) is 7.18. The zero-order valence-electron chi connectivity index (χ0n) is 12.6. The molecule has 2 fully saturated rings. The molecule has 118 valence electrons. The molecule has 0 radical (unpaired) electrons. The number of likely N-dealkylation sites (tertiary alicyclic amines) is 1. The lowest BCUT2D eigenvalue weighted by Gasteiger charge is -2.40. The van der Waals surface area contributed by atoms with Crippen LogP contribution in [0.3, 0.4) is 0 Å². The van der Waals surface area contributed by atoms with Crippen molar-refractivity contribution in [2.75, 3.05) is 33.8 Å². The maximum Gasteiger partial charge on any atom is 0.317 e. The summed E-state index contributed by atoms with van der Waals surface area (Å²) < 4.78 is 11.1. The second kappa shape index (κ2) is 5.75. The van der Waals surface area contributed by atoms with Crippen LogP contribution in [0.25, 0.3) is 0 Å². The number of nitrogens with one attached hydrogen (secondary N) is 1. The van der Waals surface area contributed by atoms with Gasteiger partial charge in [-0.2, -0.15) is 0 Å². The predicted octanol–water partition coefficient (Wildman–Crippen LogP) is 0.308. The third-order valence-electron chi connectivity index (χ3n) is 3.92. The number of carbonyl (C=O) groups is 2. The van der Waals surface area contributed by atoms with Crippen LogP contribution in [0.1, 0.15) is 0 Å². The van der Waals surface area contributed by atoms with Crippen LogP contribution in [0.5, 0.6) is 11.5 Å². The minimum absolute atomic E-state index is 0.0462. The third-order valence-corrected chi connectivity index (χ3v) is 3.92. The van der Waals surface area contributed by atoms with E-state index in [1.165, 1.54) is 4.90 Å². The molecule has 1 N–H and O–H groups in total. The van der Waals surface area contributed by atoms with Gasteiger partial charge in [0.2, 0.25) is 5.91 Å². The van der Waals surface area contributed by atoms with Crippen molar-refractivity contribution in [2.24, 2.45) is 0 Å². The number of amides is 3. The largest absolute Gasteiger partial charge is 0.493 e. The lowest BCUT2D eigenvalue weighted by Crippen LogP contribution is -2.60. The molecular formula is C15H19N3O4. The van der Waals surface area contributed by atoms with Crippen LogP contribution in [0.15, 0.2) is 24.3 Å². The molecule has 0 bridgehead atoms. The molecule has 3 amide bonds. The quantitative estimate of drug-likeness (QED) is 0.869. The van der Waals surface area contributed by atoms with Gasteiger partial charge in [-0.05, 0) is 12.1 Å². The Labute approximate surface area is 128 Å². The van der Waals surface area contributed by atoms with Crippen molar-refractivity contribution in [3.63, 3.8) is 0 Å². The highest BCUT2D eigenvalue weighted by Crippen LogP contribution is 2.28. The summed E-state index contributed by atoms with van der Waals surface area (Å²) in [7, 11) is 3.27. The first kappa shape index (κ1) is 14.5. The molecule has 1 atom stereocenters. The number of para-hydroxylation sites is 2. The number of benzene rings is 1. The Morgan fingerprint density at radius 2 is 1.91 bits per heavy atom. The third kappa shape index (κ3) is 2.66. The van der Waals surface area contributed by atoms with Gasteiger partial charge in [0.25, 0.3) is 0 Å². The fraction of sp³-hybridized carbons (Fsp3) is 0.467. The summed E-state index contributed by atoms with van der Waals surface area (Å²) in [5.74, 6) is 1.30. The number of carbonyl (C=O) groups excluding carboxylic acids is 2. The molecule has 2 heterocycles. The van der Waals surface area contributed by atoms with Crippen LogP contribution in [0.2, 0.25) is 0 Å². The Bertz CT molecular complexity index is 586. The highest BCUT2D eigenvalue weighted by atomic mass is 16.5. The summed E-state index contributed by atoms with van der Waals surface area (Å²) in [5.41, 5.74) is 0. The normalized spacial score (nSPS) is 21.4. The van der Waals surface area contributed by atoms with Crippen molar-refractivity contribution in [2.45, 2.75) is 12.1 Å². The topological polar surface area (TPSA) is 71.1 Å². The second-order valence-corrected chi connectivity index (χ2v) is 5.52. The Hall–Kier alpha value is -2.44. The number of urea groups is 1. The molecule has 2 aliphatic heterocycles. The zero-order chi connectivity index (χ0) is 15.7. The smallest absolute Gasteiger partial charge is 0.317 e. The molecule has 22 heavy (non-hydrogen) atoms.